The first-order chi connectivity index (χ1) is 6.63. The Kier molecular flexibility index (Phi) is 3.73. The molecule has 0 radical (unpaired) electrons. The largest absolute Gasteiger partial charge is 0.504 e. The number of rotatable bonds is 4. The molecule has 0 unspecified atom stereocenters. The highest BCUT2D eigenvalue weighted by Gasteiger charge is 2.04. The number of ether oxygens (including phenoxy) is 1. The number of hydrogen-bond donors (Lipinski definition) is 2. The van der Waals surface area contributed by atoms with Crippen molar-refractivity contribution in [3.8, 4) is 11.5 Å². The lowest BCUT2D eigenvalue weighted by atomic mass is 10.2. The average molecular weight is 197 g/mol. The minimum atomic E-state index is 0.121. The number of hydroxylamine groups is 2. The highest BCUT2D eigenvalue weighted by atomic mass is 16.5. The average Bonchev–Trinajstić information content (AvgIpc) is 2.10. The molecule has 0 heterocycles. The van der Waals surface area contributed by atoms with Gasteiger partial charge in [-0.05, 0) is 24.6 Å². The topological polar surface area (TPSA) is 52.9 Å². The third kappa shape index (κ3) is 2.90. The van der Waals surface area contributed by atoms with Gasteiger partial charge in [-0.1, -0.05) is 6.07 Å². The summed E-state index contributed by atoms with van der Waals surface area (Å²) in [6.45, 7) is 2.76. The molecule has 0 saturated carbocycles. The molecule has 0 fully saturated rings. The van der Waals surface area contributed by atoms with Crippen molar-refractivity contribution < 1.29 is 15.1 Å². The molecular weight excluding hydrogens is 182 g/mol. The number of nitrogens with zero attached hydrogens (tertiary/aromatic N) is 1. The van der Waals surface area contributed by atoms with E-state index in [0.717, 1.165) is 10.6 Å². The summed E-state index contributed by atoms with van der Waals surface area (Å²) in [5, 5.41) is 19.5. The van der Waals surface area contributed by atoms with Gasteiger partial charge in [0, 0.05) is 13.6 Å². The van der Waals surface area contributed by atoms with Gasteiger partial charge >= 0.3 is 0 Å². The Balaban J connectivity index is 2.83. The van der Waals surface area contributed by atoms with Crippen LogP contribution in [-0.2, 0) is 6.54 Å². The molecule has 2 N–H and O–H groups in total. The number of benzene rings is 1. The van der Waals surface area contributed by atoms with Gasteiger partial charge in [0.1, 0.15) is 0 Å². The van der Waals surface area contributed by atoms with Crippen LogP contribution in [0.5, 0.6) is 11.5 Å². The van der Waals surface area contributed by atoms with Gasteiger partial charge < -0.3 is 15.1 Å². The molecule has 78 valence electrons. The van der Waals surface area contributed by atoms with Crippen LogP contribution < -0.4 is 4.74 Å². The van der Waals surface area contributed by atoms with Crippen LogP contribution in [0.2, 0.25) is 0 Å². The van der Waals surface area contributed by atoms with Gasteiger partial charge in [0.15, 0.2) is 11.5 Å². The van der Waals surface area contributed by atoms with Crippen molar-refractivity contribution in [3.63, 3.8) is 0 Å². The van der Waals surface area contributed by atoms with Crippen LogP contribution in [-0.4, -0.2) is 29.0 Å². The maximum absolute atomic E-state index is 9.40. The van der Waals surface area contributed by atoms with E-state index in [4.69, 9.17) is 9.94 Å². The molecule has 0 atom stereocenters. The zero-order chi connectivity index (χ0) is 10.6. The van der Waals surface area contributed by atoms with Crippen LogP contribution in [0.3, 0.4) is 0 Å². The van der Waals surface area contributed by atoms with E-state index >= 15 is 0 Å². The number of aromatic hydroxyl groups is 1. The molecule has 0 bridgehead atoms. The smallest absolute Gasteiger partial charge is 0.161 e. The molecule has 0 aromatic heterocycles. The van der Waals surface area contributed by atoms with Gasteiger partial charge in [0.2, 0.25) is 0 Å². The fraction of sp³-hybridized carbons (Fsp3) is 0.400. The van der Waals surface area contributed by atoms with Crippen molar-refractivity contribution >= 4 is 0 Å². The predicted molar refractivity (Wildman–Crippen MR) is 52.5 cm³/mol. The zero-order valence-electron chi connectivity index (χ0n) is 8.40. The van der Waals surface area contributed by atoms with Crippen LogP contribution in [0.25, 0.3) is 0 Å². The molecule has 4 nitrogen and oxygen atoms in total. The molecule has 0 spiro atoms. The molecule has 1 aromatic carbocycles. The second-order valence-corrected chi connectivity index (χ2v) is 3.05. The van der Waals surface area contributed by atoms with Crippen molar-refractivity contribution in [2.24, 2.45) is 0 Å². The highest BCUT2D eigenvalue weighted by molar-refractivity contribution is 5.41. The molecule has 0 saturated heterocycles. The van der Waals surface area contributed by atoms with Crippen LogP contribution in [0.4, 0.5) is 0 Å². The number of phenols is 1. The van der Waals surface area contributed by atoms with Gasteiger partial charge in [0.25, 0.3) is 0 Å². The van der Waals surface area contributed by atoms with Crippen molar-refractivity contribution in [1.82, 2.24) is 5.06 Å². The Hall–Kier alpha value is -1.26. The van der Waals surface area contributed by atoms with E-state index in [-0.39, 0.29) is 5.75 Å². The van der Waals surface area contributed by atoms with Gasteiger partial charge in [-0.15, -0.1) is 0 Å². The first kappa shape index (κ1) is 10.8. The number of phenolic OH excluding ortho intramolecular Hbond substituents is 1. The summed E-state index contributed by atoms with van der Waals surface area (Å²) in [5.41, 5.74) is 0.885. The molecule has 1 rings (SSSR count). The second kappa shape index (κ2) is 4.83. The van der Waals surface area contributed by atoms with E-state index in [1.807, 2.05) is 6.92 Å². The van der Waals surface area contributed by atoms with Crippen LogP contribution >= 0.6 is 0 Å². The van der Waals surface area contributed by atoms with Crippen LogP contribution in [0, 0.1) is 0 Å². The normalized spacial score (nSPS) is 10.6. The minimum Gasteiger partial charge on any atom is -0.504 e. The predicted octanol–water partition coefficient (Wildman–Crippen LogP) is 1.61. The van der Waals surface area contributed by atoms with Gasteiger partial charge in [-0.2, -0.15) is 5.06 Å². The fourth-order valence-corrected chi connectivity index (χ4v) is 1.19. The summed E-state index contributed by atoms with van der Waals surface area (Å²) in [6, 6.07) is 5.01. The molecule has 0 amide bonds. The third-order valence-corrected chi connectivity index (χ3v) is 1.74. The first-order valence-electron chi connectivity index (χ1n) is 4.48. The van der Waals surface area contributed by atoms with Crippen molar-refractivity contribution in [1.29, 1.82) is 0 Å². The quantitative estimate of drug-likeness (QED) is 0.720. The van der Waals surface area contributed by atoms with Gasteiger partial charge in [-0.25, -0.2) is 0 Å². The van der Waals surface area contributed by atoms with Gasteiger partial charge in [0.05, 0.1) is 6.61 Å². The zero-order valence-corrected chi connectivity index (χ0v) is 8.40. The summed E-state index contributed by atoms with van der Waals surface area (Å²) in [6.07, 6.45) is 0. The lowest BCUT2D eigenvalue weighted by molar-refractivity contribution is -0.0731. The lowest BCUT2D eigenvalue weighted by Gasteiger charge is -2.11. The van der Waals surface area contributed by atoms with Crippen LogP contribution in [0.1, 0.15) is 12.5 Å². The third-order valence-electron chi connectivity index (χ3n) is 1.74. The Morgan fingerprint density at radius 1 is 1.43 bits per heavy atom. The summed E-state index contributed by atoms with van der Waals surface area (Å²) in [7, 11) is 1.56. The lowest BCUT2D eigenvalue weighted by Crippen LogP contribution is -2.11. The molecule has 4 heteroatoms. The van der Waals surface area contributed by atoms with Crippen LogP contribution in [0.15, 0.2) is 18.2 Å². The standard InChI is InChI=1S/C10H15NO3/c1-3-14-10-6-8(7-11(2)13)4-5-9(10)12/h4-6,12-13H,3,7H2,1-2H3. The van der Waals surface area contributed by atoms with E-state index in [1.165, 1.54) is 0 Å². The number of hydrogen-bond acceptors (Lipinski definition) is 4. The molecule has 0 aliphatic rings. The molecule has 0 aliphatic heterocycles. The van der Waals surface area contributed by atoms with E-state index in [0.29, 0.717) is 18.9 Å². The second-order valence-electron chi connectivity index (χ2n) is 3.05. The monoisotopic (exact) mass is 197 g/mol. The maximum Gasteiger partial charge on any atom is 0.161 e. The molecular formula is C10H15NO3. The first-order valence-corrected chi connectivity index (χ1v) is 4.48. The Bertz CT molecular complexity index is 299. The minimum absolute atomic E-state index is 0.121. The van der Waals surface area contributed by atoms with E-state index in [2.05, 4.69) is 0 Å². The summed E-state index contributed by atoms with van der Waals surface area (Å²) >= 11 is 0. The molecule has 0 aliphatic carbocycles. The molecule has 1 aromatic rings. The van der Waals surface area contributed by atoms with Crippen molar-refractivity contribution in [2.45, 2.75) is 13.5 Å². The highest BCUT2D eigenvalue weighted by Crippen LogP contribution is 2.26. The van der Waals surface area contributed by atoms with E-state index in [1.54, 1.807) is 25.2 Å². The SMILES string of the molecule is CCOc1cc(CN(C)O)ccc1O. The fourth-order valence-electron chi connectivity index (χ4n) is 1.19. The Morgan fingerprint density at radius 2 is 2.14 bits per heavy atom. The van der Waals surface area contributed by atoms with Gasteiger partial charge in [-0.3, -0.25) is 0 Å². The van der Waals surface area contributed by atoms with Crippen molar-refractivity contribution in [2.75, 3.05) is 13.7 Å². The van der Waals surface area contributed by atoms with E-state index in [9.17, 15) is 5.11 Å². The summed E-state index contributed by atoms with van der Waals surface area (Å²) in [4.78, 5) is 0. The maximum atomic E-state index is 9.40. The summed E-state index contributed by atoms with van der Waals surface area (Å²) in [5.74, 6) is 0.572. The Morgan fingerprint density at radius 3 is 2.71 bits per heavy atom. The van der Waals surface area contributed by atoms with Crippen molar-refractivity contribution in [3.05, 3.63) is 23.8 Å². The Labute approximate surface area is 83.3 Å². The van der Waals surface area contributed by atoms with E-state index < -0.39 is 0 Å². The summed E-state index contributed by atoms with van der Waals surface area (Å²) < 4.78 is 5.21. The molecule has 14 heavy (non-hydrogen) atoms.